The van der Waals surface area contributed by atoms with E-state index >= 15 is 0 Å². The third-order valence-electron chi connectivity index (χ3n) is 4.53. The first-order valence-corrected chi connectivity index (χ1v) is 8.21. The molecule has 6 nitrogen and oxygen atoms in total. The van der Waals surface area contributed by atoms with E-state index < -0.39 is 6.10 Å². The summed E-state index contributed by atoms with van der Waals surface area (Å²) < 4.78 is 7.22. The van der Waals surface area contributed by atoms with Gasteiger partial charge in [0, 0.05) is 25.7 Å². The number of nitrogens with one attached hydrogen (secondary N) is 1. The molecule has 1 fully saturated rings. The Kier molecular flexibility index (Phi) is 4.52. The van der Waals surface area contributed by atoms with E-state index in [0.717, 1.165) is 23.9 Å². The van der Waals surface area contributed by atoms with Gasteiger partial charge in [-0.25, -0.2) is 4.79 Å². The number of rotatable bonds is 4. The summed E-state index contributed by atoms with van der Waals surface area (Å²) in [5.41, 5.74) is 1.73. The molecule has 1 aliphatic rings. The number of aromatic nitrogens is 2. The lowest BCUT2D eigenvalue weighted by Crippen LogP contribution is -2.44. The van der Waals surface area contributed by atoms with Gasteiger partial charge in [-0.15, -0.1) is 0 Å². The Bertz CT molecular complexity index is 741. The molecule has 124 valence electrons. The number of fused-ring (bicyclic) bond motifs is 1. The summed E-state index contributed by atoms with van der Waals surface area (Å²) in [6.45, 7) is 5.54. The van der Waals surface area contributed by atoms with E-state index in [1.54, 1.807) is 6.92 Å². The lowest BCUT2D eigenvalue weighted by molar-refractivity contribution is -0.143. The van der Waals surface area contributed by atoms with Crippen LogP contribution in [0.25, 0.3) is 11.0 Å². The summed E-state index contributed by atoms with van der Waals surface area (Å²) in [4.78, 5) is 29.3. The van der Waals surface area contributed by atoms with Crippen LogP contribution in [0.15, 0.2) is 29.1 Å². The molecule has 1 aromatic heterocycles. The van der Waals surface area contributed by atoms with Gasteiger partial charge in [0.2, 0.25) is 0 Å². The van der Waals surface area contributed by atoms with E-state index in [2.05, 4.69) is 4.98 Å². The average Bonchev–Trinajstić information content (AvgIpc) is 2.90. The van der Waals surface area contributed by atoms with Gasteiger partial charge in [0.05, 0.1) is 11.0 Å². The number of amides is 1. The Morgan fingerprint density at radius 2 is 2.04 bits per heavy atom. The quantitative estimate of drug-likeness (QED) is 0.937. The van der Waals surface area contributed by atoms with Crippen LogP contribution in [-0.2, 0) is 9.53 Å². The predicted octanol–water partition coefficient (Wildman–Crippen LogP) is 1.92. The minimum atomic E-state index is -0.396. The molecule has 1 N–H and O–H groups in total. The Morgan fingerprint density at radius 1 is 1.35 bits per heavy atom. The van der Waals surface area contributed by atoms with Crippen LogP contribution in [0.1, 0.15) is 32.7 Å². The zero-order chi connectivity index (χ0) is 16.4. The van der Waals surface area contributed by atoms with E-state index in [-0.39, 0.29) is 17.6 Å². The van der Waals surface area contributed by atoms with E-state index in [4.69, 9.17) is 4.74 Å². The van der Waals surface area contributed by atoms with Crippen molar-refractivity contribution in [2.75, 3.05) is 19.7 Å². The molecule has 2 aromatic rings. The number of hydrogen-bond acceptors (Lipinski definition) is 3. The highest BCUT2D eigenvalue weighted by Gasteiger charge is 2.28. The largest absolute Gasteiger partial charge is 0.369 e. The third kappa shape index (κ3) is 3.03. The van der Waals surface area contributed by atoms with Crippen LogP contribution in [-0.4, -0.2) is 46.2 Å². The molecule has 0 radical (unpaired) electrons. The molecular weight excluding hydrogens is 294 g/mol. The fourth-order valence-corrected chi connectivity index (χ4v) is 3.36. The summed E-state index contributed by atoms with van der Waals surface area (Å²) in [5, 5.41) is 0. The second kappa shape index (κ2) is 6.58. The monoisotopic (exact) mass is 317 g/mol. The topological polar surface area (TPSA) is 67.3 Å². The molecule has 0 saturated carbocycles. The molecular formula is C17H23N3O3. The van der Waals surface area contributed by atoms with Crippen molar-refractivity contribution < 1.29 is 9.53 Å². The highest BCUT2D eigenvalue weighted by Crippen LogP contribution is 2.25. The molecule has 23 heavy (non-hydrogen) atoms. The van der Waals surface area contributed by atoms with Crippen LogP contribution in [0.3, 0.4) is 0 Å². The first kappa shape index (κ1) is 15.8. The van der Waals surface area contributed by atoms with Gasteiger partial charge < -0.3 is 14.6 Å². The number of hydrogen-bond donors (Lipinski definition) is 1. The van der Waals surface area contributed by atoms with Crippen LogP contribution in [0.4, 0.5) is 0 Å². The molecule has 1 aliphatic heterocycles. The summed E-state index contributed by atoms with van der Waals surface area (Å²) in [6, 6.07) is 7.86. The maximum atomic E-state index is 12.3. The number of nitrogens with zero attached hydrogens (tertiary/aromatic N) is 2. The van der Waals surface area contributed by atoms with Crippen LogP contribution < -0.4 is 5.69 Å². The van der Waals surface area contributed by atoms with Gasteiger partial charge in [-0.1, -0.05) is 12.1 Å². The van der Waals surface area contributed by atoms with Crippen LogP contribution in [0, 0.1) is 0 Å². The van der Waals surface area contributed by atoms with Crippen LogP contribution in [0.5, 0.6) is 0 Å². The summed E-state index contributed by atoms with van der Waals surface area (Å²) in [7, 11) is 0. The molecule has 1 saturated heterocycles. The van der Waals surface area contributed by atoms with E-state index in [9.17, 15) is 9.59 Å². The van der Waals surface area contributed by atoms with Gasteiger partial charge in [-0.3, -0.25) is 9.36 Å². The van der Waals surface area contributed by atoms with E-state index in [1.807, 2.05) is 40.7 Å². The lowest BCUT2D eigenvalue weighted by Gasteiger charge is -2.33. The van der Waals surface area contributed by atoms with Crippen molar-refractivity contribution in [1.82, 2.24) is 14.5 Å². The highest BCUT2D eigenvalue weighted by molar-refractivity contribution is 5.80. The van der Waals surface area contributed by atoms with Gasteiger partial charge in [-0.05, 0) is 38.8 Å². The van der Waals surface area contributed by atoms with Crippen molar-refractivity contribution in [2.45, 2.75) is 38.8 Å². The van der Waals surface area contributed by atoms with Gasteiger partial charge in [0.15, 0.2) is 0 Å². The number of H-pyrrole nitrogens is 1. The second-order valence-electron chi connectivity index (χ2n) is 5.97. The molecule has 2 heterocycles. The van der Waals surface area contributed by atoms with Crippen molar-refractivity contribution in [3.63, 3.8) is 0 Å². The highest BCUT2D eigenvalue weighted by atomic mass is 16.5. The number of carbonyl (C=O) groups is 1. The normalized spacial score (nSPS) is 17.6. The number of aromatic amines is 1. The molecule has 3 rings (SSSR count). The smallest absolute Gasteiger partial charge is 0.326 e. The minimum Gasteiger partial charge on any atom is -0.369 e. The Morgan fingerprint density at radius 3 is 2.74 bits per heavy atom. The maximum absolute atomic E-state index is 12.3. The lowest BCUT2D eigenvalue weighted by atomic mass is 10.0. The van der Waals surface area contributed by atoms with Crippen molar-refractivity contribution in [3.05, 3.63) is 34.7 Å². The number of piperidine rings is 1. The van der Waals surface area contributed by atoms with E-state index in [0.29, 0.717) is 19.7 Å². The molecule has 1 atom stereocenters. The Labute approximate surface area is 135 Å². The molecule has 0 bridgehead atoms. The molecule has 1 aromatic carbocycles. The van der Waals surface area contributed by atoms with Crippen LogP contribution in [0.2, 0.25) is 0 Å². The first-order valence-electron chi connectivity index (χ1n) is 8.21. The first-order chi connectivity index (χ1) is 11.1. The minimum absolute atomic E-state index is 0.0385. The summed E-state index contributed by atoms with van der Waals surface area (Å²) >= 11 is 0. The van der Waals surface area contributed by atoms with Crippen molar-refractivity contribution in [1.29, 1.82) is 0 Å². The fraction of sp³-hybridized carbons (Fsp3) is 0.529. The molecule has 0 aliphatic carbocycles. The van der Waals surface area contributed by atoms with Crippen molar-refractivity contribution in [3.8, 4) is 0 Å². The number of benzene rings is 1. The third-order valence-corrected chi connectivity index (χ3v) is 4.53. The fourth-order valence-electron chi connectivity index (χ4n) is 3.36. The van der Waals surface area contributed by atoms with Crippen molar-refractivity contribution >= 4 is 16.9 Å². The SMILES string of the molecule is CCO[C@@H](C)C(=O)N1CCC(n2c(=O)[nH]c3ccccc32)CC1. The zero-order valence-corrected chi connectivity index (χ0v) is 13.6. The Balaban J connectivity index is 1.72. The number of likely N-dealkylation sites (tertiary alicyclic amines) is 1. The average molecular weight is 317 g/mol. The molecule has 1 amide bonds. The van der Waals surface area contributed by atoms with Gasteiger partial charge >= 0.3 is 5.69 Å². The number of ether oxygens (including phenoxy) is 1. The van der Waals surface area contributed by atoms with Gasteiger partial charge in [0.25, 0.3) is 5.91 Å². The number of carbonyl (C=O) groups excluding carboxylic acids is 1. The zero-order valence-electron chi connectivity index (χ0n) is 13.6. The Hall–Kier alpha value is -2.08. The van der Waals surface area contributed by atoms with Crippen molar-refractivity contribution in [2.24, 2.45) is 0 Å². The molecule has 0 unspecified atom stereocenters. The van der Waals surface area contributed by atoms with Gasteiger partial charge in [0.1, 0.15) is 6.10 Å². The van der Waals surface area contributed by atoms with Gasteiger partial charge in [-0.2, -0.15) is 0 Å². The summed E-state index contributed by atoms with van der Waals surface area (Å²) in [6.07, 6.45) is 1.17. The van der Waals surface area contributed by atoms with E-state index in [1.165, 1.54) is 0 Å². The maximum Gasteiger partial charge on any atom is 0.326 e. The molecule has 6 heteroatoms. The number of imidazole rings is 1. The number of para-hydroxylation sites is 2. The predicted molar refractivity (Wildman–Crippen MR) is 88.5 cm³/mol. The summed E-state index contributed by atoms with van der Waals surface area (Å²) in [5.74, 6) is 0.0385. The second-order valence-corrected chi connectivity index (χ2v) is 5.97. The van der Waals surface area contributed by atoms with Crippen LogP contribution >= 0.6 is 0 Å². The standard InChI is InChI=1S/C17H23N3O3/c1-3-23-12(2)16(21)19-10-8-13(9-11-19)20-15-7-5-4-6-14(15)18-17(20)22/h4-7,12-13H,3,8-11H2,1-2H3,(H,18,22)/t12-/m0/s1. The molecule has 0 spiro atoms.